The molecular weight excluding hydrogens is 446 g/mol. The van der Waals surface area contributed by atoms with Crippen molar-refractivity contribution >= 4 is 39.8 Å². The van der Waals surface area contributed by atoms with Gasteiger partial charge in [-0.15, -0.1) is 0 Å². The molecule has 0 saturated heterocycles. The van der Waals surface area contributed by atoms with E-state index in [-0.39, 0.29) is 18.0 Å². The molecule has 2 aliphatic heterocycles. The van der Waals surface area contributed by atoms with Crippen LogP contribution in [0.1, 0.15) is 22.4 Å². The normalized spacial score (nSPS) is 16.6. The number of thioether (sulfide) groups is 1. The number of amides is 1. The van der Waals surface area contributed by atoms with Crippen LogP contribution in [0.15, 0.2) is 76.5 Å². The number of carbonyl (C=O) groups is 1. The SMILES string of the molecule is Cc1ccc(-n2cccc2/C=C2/C(=N)N3N=C(COc4ccccc4C)SC3=NC2=O)cc1C. The molecule has 170 valence electrons. The number of para-hydroxylation sites is 1. The van der Waals surface area contributed by atoms with E-state index < -0.39 is 5.91 Å². The predicted molar refractivity (Wildman–Crippen MR) is 137 cm³/mol. The van der Waals surface area contributed by atoms with Crippen LogP contribution >= 0.6 is 11.8 Å². The summed E-state index contributed by atoms with van der Waals surface area (Å²) in [5.74, 6) is 0.325. The number of fused-ring (bicyclic) bond motifs is 1. The van der Waals surface area contributed by atoms with Gasteiger partial charge < -0.3 is 9.30 Å². The van der Waals surface area contributed by atoms with E-state index in [2.05, 4.69) is 36.1 Å². The molecule has 0 aliphatic carbocycles. The zero-order valence-electron chi connectivity index (χ0n) is 19.1. The van der Waals surface area contributed by atoms with Gasteiger partial charge in [0.1, 0.15) is 17.4 Å². The number of hydrogen-bond acceptors (Lipinski definition) is 5. The Morgan fingerprint density at radius 1 is 1.03 bits per heavy atom. The standard InChI is InChI=1S/C26H23N5O2S/c1-16-10-11-20(13-18(16)3)30-12-6-8-19(30)14-21-24(27)31-26(28-25(21)32)34-23(29-31)15-33-22-9-5-4-7-17(22)2/h4-14,27H,15H2,1-3H3/b21-14-,27-24?. The van der Waals surface area contributed by atoms with Gasteiger partial charge in [0.15, 0.2) is 5.84 Å². The van der Waals surface area contributed by atoms with Gasteiger partial charge in [-0.25, -0.2) is 0 Å². The highest BCUT2D eigenvalue weighted by molar-refractivity contribution is 8.27. The average molecular weight is 470 g/mol. The summed E-state index contributed by atoms with van der Waals surface area (Å²) in [6, 6.07) is 17.8. The molecule has 0 atom stereocenters. The third-order valence-electron chi connectivity index (χ3n) is 5.78. The lowest BCUT2D eigenvalue weighted by Gasteiger charge is -2.20. The highest BCUT2D eigenvalue weighted by atomic mass is 32.2. The van der Waals surface area contributed by atoms with Crippen LogP contribution in [0.3, 0.4) is 0 Å². The number of aliphatic imine (C=N–C) groups is 1. The summed E-state index contributed by atoms with van der Waals surface area (Å²) in [6.45, 7) is 6.36. The fraction of sp³-hybridized carbons (Fsp3) is 0.154. The molecule has 34 heavy (non-hydrogen) atoms. The lowest BCUT2D eigenvalue weighted by molar-refractivity contribution is -0.114. The fourth-order valence-electron chi connectivity index (χ4n) is 3.72. The molecule has 8 heteroatoms. The molecule has 0 radical (unpaired) electrons. The van der Waals surface area contributed by atoms with Crippen molar-refractivity contribution in [3.8, 4) is 11.4 Å². The van der Waals surface area contributed by atoms with Gasteiger partial charge in [0.2, 0.25) is 5.17 Å². The summed E-state index contributed by atoms with van der Waals surface area (Å²) in [6.07, 6.45) is 3.63. The first-order valence-corrected chi connectivity index (χ1v) is 11.6. The molecule has 0 fully saturated rings. The number of benzene rings is 2. The van der Waals surface area contributed by atoms with E-state index in [4.69, 9.17) is 10.1 Å². The molecule has 2 aromatic carbocycles. The summed E-state index contributed by atoms with van der Waals surface area (Å²) >= 11 is 1.25. The minimum absolute atomic E-state index is 0.00114. The van der Waals surface area contributed by atoms with Gasteiger partial charge in [-0.3, -0.25) is 10.2 Å². The minimum Gasteiger partial charge on any atom is -0.486 e. The average Bonchev–Trinajstić information content (AvgIpc) is 3.45. The number of amidine groups is 2. The van der Waals surface area contributed by atoms with Crippen molar-refractivity contribution in [3.63, 3.8) is 0 Å². The second kappa shape index (κ2) is 8.79. The van der Waals surface area contributed by atoms with Crippen LogP contribution in [0.25, 0.3) is 11.8 Å². The fourth-order valence-corrected chi connectivity index (χ4v) is 4.52. The topological polar surface area (TPSA) is 83.0 Å². The Morgan fingerprint density at radius 2 is 1.85 bits per heavy atom. The van der Waals surface area contributed by atoms with Crippen LogP contribution in [-0.4, -0.2) is 38.1 Å². The maximum atomic E-state index is 12.8. The number of nitrogens with zero attached hydrogens (tertiary/aromatic N) is 4. The van der Waals surface area contributed by atoms with Crippen LogP contribution in [0.5, 0.6) is 5.75 Å². The number of nitrogens with one attached hydrogen (secondary N) is 1. The Hall–Kier alpha value is -3.91. The molecule has 2 aliphatic rings. The van der Waals surface area contributed by atoms with E-state index >= 15 is 0 Å². The molecule has 0 saturated carbocycles. The third-order valence-corrected chi connectivity index (χ3v) is 6.66. The third kappa shape index (κ3) is 4.08. The maximum absolute atomic E-state index is 12.8. The van der Waals surface area contributed by atoms with Crippen molar-refractivity contribution in [2.75, 3.05) is 6.61 Å². The Kier molecular flexibility index (Phi) is 5.67. The number of aryl methyl sites for hydroxylation is 3. The maximum Gasteiger partial charge on any atom is 0.283 e. The molecule has 5 rings (SSSR count). The molecule has 7 nitrogen and oxygen atoms in total. The second-order valence-electron chi connectivity index (χ2n) is 8.14. The van der Waals surface area contributed by atoms with E-state index in [0.717, 1.165) is 22.7 Å². The Morgan fingerprint density at radius 3 is 2.65 bits per heavy atom. The van der Waals surface area contributed by atoms with Crippen LogP contribution < -0.4 is 4.74 Å². The highest BCUT2D eigenvalue weighted by Gasteiger charge is 2.36. The number of hydrazone groups is 1. The van der Waals surface area contributed by atoms with E-state index in [0.29, 0.717) is 10.2 Å². The molecular formula is C26H23N5O2S. The van der Waals surface area contributed by atoms with E-state index in [1.165, 1.54) is 27.9 Å². The zero-order chi connectivity index (χ0) is 23.8. The van der Waals surface area contributed by atoms with E-state index in [1.54, 1.807) is 6.08 Å². The predicted octanol–water partition coefficient (Wildman–Crippen LogP) is 5.10. The first-order chi connectivity index (χ1) is 16.4. The van der Waals surface area contributed by atoms with Crippen LogP contribution in [0, 0.1) is 26.2 Å². The molecule has 0 bridgehead atoms. The van der Waals surface area contributed by atoms with Crippen molar-refractivity contribution in [2.45, 2.75) is 20.8 Å². The van der Waals surface area contributed by atoms with E-state index in [9.17, 15) is 4.79 Å². The van der Waals surface area contributed by atoms with Crippen LogP contribution in [-0.2, 0) is 4.79 Å². The summed E-state index contributed by atoms with van der Waals surface area (Å²) in [4.78, 5) is 17.0. The Bertz CT molecular complexity index is 1420. The molecule has 1 aromatic heterocycles. The van der Waals surface area contributed by atoms with E-state index in [1.807, 2.05) is 60.2 Å². The van der Waals surface area contributed by atoms with Gasteiger partial charge in [-0.2, -0.15) is 15.1 Å². The summed E-state index contributed by atoms with van der Waals surface area (Å²) < 4.78 is 7.87. The Balaban J connectivity index is 1.39. The summed E-state index contributed by atoms with van der Waals surface area (Å²) in [5.41, 5.74) is 5.40. The van der Waals surface area contributed by atoms with Gasteiger partial charge in [0.05, 0.1) is 5.57 Å². The number of hydrogen-bond donors (Lipinski definition) is 1. The van der Waals surface area contributed by atoms with Crippen LogP contribution in [0.2, 0.25) is 0 Å². The van der Waals surface area contributed by atoms with Gasteiger partial charge in [0.25, 0.3) is 5.91 Å². The van der Waals surface area contributed by atoms with Crippen molar-refractivity contribution < 1.29 is 9.53 Å². The van der Waals surface area contributed by atoms with Gasteiger partial charge in [-0.1, -0.05) is 24.3 Å². The highest BCUT2D eigenvalue weighted by Crippen LogP contribution is 2.29. The minimum atomic E-state index is -0.451. The molecule has 1 N–H and O–H groups in total. The lowest BCUT2D eigenvalue weighted by atomic mass is 10.1. The lowest BCUT2D eigenvalue weighted by Crippen LogP contribution is -2.35. The summed E-state index contributed by atoms with van der Waals surface area (Å²) in [5, 5.41) is 15.5. The monoisotopic (exact) mass is 469 g/mol. The molecule has 3 aromatic rings. The van der Waals surface area contributed by atoms with Crippen molar-refractivity contribution in [1.82, 2.24) is 9.58 Å². The van der Waals surface area contributed by atoms with Crippen LogP contribution in [0.4, 0.5) is 0 Å². The quantitative estimate of drug-likeness (QED) is 0.527. The smallest absolute Gasteiger partial charge is 0.283 e. The number of carbonyl (C=O) groups excluding carboxylic acids is 1. The molecule has 3 heterocycles. The van der Waals surface area contributed by atoms with Gasteiger partial charge in [-0.05, 0) is 85.6 Å². The molecule has 1 amide bonds. The van der Waals surface area contributed by atoms with Gasteiger partial charge in [0, 0.05) is 17.6 Å². The van der Waals surface area contributed by atoms with Crippen molar-refractivity contribution in [2.24, 2.45) is 10.1 Å². The largest absolute Gasteiger partial charge is 0.486 e. The zero-order valence-corrected chi connectivity index (χ0v) is 19.9. The van der Waals surface area contributed by atoms with Crippen molar-refractivity contribution in [3.05, 3.63) is 88.8 Å². The Labute approximate surface area is 202 Å². The van der Waals surface area contributed by atoms with Crippen molar-refractivity contribution in [1.29, 1.82) is 5.41 Å². The number of ether oxygens (including phenoxy) is 1. The number of aromatic nitrogens is 1. The first-order valence-electron chi connectivity index (χ1n) is 10.8. The second-order valence-corrected chi connectivity index (χ2v) is 9.18. The first kappa shape index (κ1) is 21.9. The summed E-state index contributed by atoms with van der Waals surface area (Å²) in [7, 11) is 0. The molecule has 0 unspecified atom stereocenters. The van der Waals surface area contributed by atoms with Gasteiger partial charge >= 0.3 is 0 Å². The number of rotatable bonds is 5. The molecule has 0 spiro atoms.